The number of nitrogens with one attached hydrogen (secondary N) is 3. The van der Waals surface area contributed by atoms with Crippen molar-refractivity contribution in [1.82, 2.24) is 20.6 Å². The number of rotatable bonds is 5. The van der Waals surface area contributed by atoms with Crippen LogP contribution < -0.4 is 16.0 Å². The summed E-state index contributed by atoms with van der Waals surface area (Å²) in [5.74, 6) is 0.777. The molecule has 2 aromatic heterocycles. The van der Waals surface area contributed by atoms with Crippen molar-refractivity contribution in [1.29, 1.82) is 0 Å². The predicted molar refractivity (Wildman–Crippen MR) is 116 cm³/mol. The number of guanidine groups is 1. The molecule has 1 fully saturated rings. The predicted octanol–water partition coefficient (Wildman–Crippen LogP) is 0.587. The lowest BCUT2D eigenvalue weighted by Gasteiger charge is -2.25. The zero-order chi connectivity index (χ0) is 21.3. The molecule has 0 spiro atoms. The number of nitrogens with zero attached hydrogens (tertiary/aromatic N) is 3. The number of anilines is 1. The van der Waals surface area contributed by atoms with E-state index in [0.717, 1.165) is 28.3 Å². The summed E-state index contributed by atoms with van der Waals surface area (Å²) in [6.45, 7) is 4.19. The van der Waals surface area contributed by atoms with Gasteiger partial charge < -0.3 is 31.3 Å². The Labute approximate surface area is 178 Å². The molecule has 0 saturated heterocycles. The number of hydrogen-bond acceptors (Lipinski definition) is 10. The van der Waals surface area contributed by atoms with E-state index in [1.54, 1.807) is 5.51 Å². The van der Waals surface area contributed by atoms with Gasteiger partial charge >= 0.3 is 0 Å². The Morgan fingerprint density at radius 3 is 2.60 bits per heavy atom. The summed E-state index contributed by atoms with van der Waals surface area (Å²) < 4.78 is 0. The molecule has 3 heterocycles. The largest absolute Gasteiger partial charge is 0.396 e. The normalized spacial score (nSPS) is 26.4. The number of aliphatic hydroxyl groups is 3. The monoisotopic (exact) mass is 430 g/mol. The number of aryl methyl sites for hydroxylation is 2. The van der Waals surface area contributed by atoms with Crippen LogP contribution in [-0.2, 0) is 0 Å². The van der Waals surface area contributed by atoms with E-state index in [1.165, 1.54) is 11.3 Å². The van der Waals surface area contributed by atoms with Gasteiger partial charge in [0.25, 0.3) is 0 Å². The Morgan fingerprint density at radius 1 is 1.20 bits per heavy atom. The fourth-order valence-corrected chi connectivity index (χ4v) is 4.47. The smallest absolute Gasteiger partial charge is 0.202 e. The molecular formula is C20H26N6O3S. The lowest BCUT2D eigenvalue weighted by molar-refractivity contribution is 0.000646. The molecule has 160 valence electrons. The molecule has 1 aliphatic carbocycles. The Kier molecular flexibility index (Phi) is 6.00. The molecule has 0 radical (unpaired) electrons. The fraction of sp³-hybridized carbons (Fsp3) is 0.450. The van der Waals surface area contributed by atoms with E-state index in [2.05, 4.69) is 25.9 Å². The fourth-order valence-electron chi connectivity index (χ4n) is 3.91. The van der Waals surface area contributed by atoms with Crippen LogP contribution in [0.3, 0.4) is 0 Å². The number of hydrogen-bond donors (Lipinski definition) is 6. The first-order valence-electron chi connectivity index (χ1n) is 9.84. The zero-order valence-electron chi connectivity index (χ0n) is 16.8. The number of aliphatic hydroxyl groups excluding tert-OH is 3. The van der Waals surface area contributed by atoms with Crippen LogP contribution in [0.4, 0.5) is 5.69 Å². The third kappa shape index (κ3) is 4.31. The molecule has 4 rings (SSSR count). The van der Waals surface area contributed by atoms with Gasteiger partial charge in [0, 0.05) is 47.1 Å². The van der Waals surface area contributed by atoms with Gasteiger partial charge in [0.2, 0.25) is 5.96 Å². The molecule has 0 aromatic carbocycles. The van der Waals surface area contributed by atoms with E-state index in [0.29, 0.717) is 24.7 Å². The first-order chi connectivity index (χ1) is 14.4. The number of aromatic nitrogens is 2. The van der Waals surface area contributed by atoms with Crippen molar-refractivity contribution in [2.45, 2.75) is 38.5 Å². The minimum atomic E-state index is -0.988. The van der Waals surface area contributed by atoms with E-state index >= 15 is 0 Å². The molecule has 0 bridgehead atoms. The SMILES string of the molecule is Cc1cc(NC2=NC(N[C@@H]3C[C@H](CO)[C@@H](O)[C@H]3O)=C(c3cscn3)CN2)cc(C)n1. The Bertz CT molecular complexity index is 941. The van der Waals surface area contributed by atoms with Crippen LogP contribution in [0.1, 0.15) is 23.5 Å². The van der Waals surface area contributed by atoms with Gasteiger partial charge in [-0.1, -0.05) is 0 Å². The van der Waals surface area contributed by atoms with Crippen LogP contribution in [0, 0.1) is 19.8 Å². The molecule has 1 aliphatic heterocycles. The molecule has 0 unspecified atom stereocenters. The first kappa shape index (κ1) is 20.7. The minimum Gasteiger partial charge on any atom is -0.396 e. The van der Waals surface area contributed by atoms with Crippen LogP contribution in [-0.4, -0.2) is 62.6 Å². The van der Waals surface area contributed by atoms with Gasteiger partial charge in [-0.2, -0.15) is 4.99 Å². The lowest BCUT2D eigenvalue weighted by atomic mass is 10.1. The second-order valence-corrected chi connectivity index (χ2v) is 8.41. The molecule has 0 amide bonds. The number of pyridine rings is 1. The Hall–Kier alpha value is -2.53. The van der Waals surface area contributed by atoms with Gasteiger partial charge in [-0.3, -0.25) is 4.98 Å². The topological polar surface area (TPSA) is 135 Å². The third-order valence-electron chi connectivity index (χ3n) is 5.39. The Balaban J connectivity index is 1.62. The summed E-state index contributed by atoms with van der Waals surface area (Å²) in [5, 5.41) is 41.8. The molecule has 6 N–H and O–H groups in total. The standard InChI is InChI=1S/C20H26N6O3S/c1-10-3-13(4-11(2)23-10)24-20-21-6-14(16-8-30-9-22-16)19(26-20)25-15-5-12(7-27)17(28)18(15)29/h3-4,8-9,12,15,17-18,25,27-29H,5-7H2,1-2H3,(H2,21,23,24,26)/t12-,15-,17-,18+/m1/s1. The maximum atomic E-state index is 10.4. The van der Waals surface area contributed by atoms with Crippen molar-refractivity contribution in [3.05, 3.63) is 45.9 Å². The van der Waals surface area contributed by atoms with Gasteiger partial charge in [-0.05, 0) is 32.4 Å². The summed E-state index contributed by atoms with van der Waals surface area (Å²) >= 11 is 1.50. The van der Waals surface area contributed by atoms with E-state index in [-0.39, 0.29) is 12.5 Å². The van der Waals surface area contributed by atoms with Crippen molar-refractivity contribution < 1.29 is 15.3 Å². The molecule has 10 heteroatoms. The van der Waals surface area contributed by atoms with Crippen molar-refractivity contribution in [3.63, 3.8) is 0 Å². The molecule has 30 heavy (non-hydrogen) atoms. The third-order valence-corrected chi connectivity index (χ3v) is 5.97. The first-order valence-corrected chi connectivity index (χ1v) is 10.8. The van der Waals surface area contributed by atoms with Gasteiger partial charge in [0.1, 0.15) is 11.9 Å². The average molecular weight is 431 g/mol. The summed E-state index contributed by atoms with van der Waals surface area (Å²) in [6, 6.07) is 3.45. The number of thiazole rings is 1. The van der Waals surface area contributed by atoms with Gasteiger partial charge in [-0.25, -0.2) is 4.98 Å². The van der Waals surface area contributed by atoms with E-state index in [1.807, 2.05) is 31.4 Å². The summed E-state index contributed by atoms with van der Waals surface area (Å²) in [7, 11) is 0. The van der Waals surface area contributed by atoms with Crippen molar-refractivity contribution >= 4 is 28.6 Å². The Morgan fingerprint density at radius 2 is 1.97 bits per heavy atom. The molecule has 4 atom stereocenters. The highest BCUT2D eigenvalue weighted by molar-refractivity contribution is 7.07. The van der Waals surface area contributed by atoms with Crippen LogP contribution in [0.25, 0.3) is 5.57 Å². The van der Waals surface area contributed by atoms with Crippen LogP contribution in [0.5, 0.6) is 0 Å². The molecule has 2 aliphatic rings. The number of aliphatic imine (C=N–C) groups is 1. The van der Waals surface area contributed by atoms with Crippen LogP contribution in [0.2, 0.25) is 0 Å². The molecular weight excluding hydrogens is 404 g/mol. The summed E-state index contributed by atoms with van der Waals surface area (Å²) in [4.78, 5) is 13.5. The van der Waals surface area contributed by atoms with E-state index < -0.39 is 18.2 Å². The van der Waals surface area contributed by atoms with Crippen LogP contribution >= 0.6 is 11.3 Å². The highest BCUT2D eigenvalue weighted by Gasteiger charge is 2.41. The van der Waals surface area contributed by atoms with E-state index in [9.17, 15) is 15.3 Å². The van der Waals surface area contributed by atoms with Crippen LogP contribution in [0.15, 0.2) is 33.8 Å². The van der Waals surface area contributed by atoms with Crippen molar-refractivity contribution in [2.24, 2.45) is 10.9 Å². The minimum absolute atomic E-state index is 0.174. The lowest BCUT2D eigenvalue weighted by Crippen LogP contribution is -2.43. The quantitative estimate of drug-likeness (QED) is 0.406. The maximum absolute atomic E-state index is 10.4. The second-order valence-electron chi connectivity index (χ2n) is 7.69. The van der Waals surface area contributed by atoms with Gasteiger partial charge in [0.05, 0.1) is 23.4 Å². The zero-order valence-corrected chi connectivity index (χ0v) is 17.6. The average Bonchev–Trinajstić information content (AvgIpc) is 3.32. The molecule has 1 saturated carbocycles. The molecule has 2 aromatic rings. The highest BCUT2D eigenvalue weighted by Crippen LogP contribution is 2.29. The summed E-state index contributed by atoms with van der Waals surface area (Å²) in [5.41, 5.74) is 6.13. The maximum Gasteiger partial charge on any atom is 0.202 e. The van der Waals surface area contributed by atoms with Gasteiger partial charge in [0.15, 0.2) is 0 Å². The van der Waals surface area contributed by atoms with Crippen molar-refractivity contribution in [3.8, 4) is 0 Å². The molecule has 9 nitrogen and oxygen atoms in total. The van der Waals surface area contributed by atoms with Gasteiger partial charge in [-0.15, -0.1) is 11.3 Å². The summed E-state index contributed by atoms with van der Waals surface area (Å²) in [6.07, 6.45) is -1.51. The highest BCUT2D eigenvalue weighted by atomic mass is 32.1. The van der Waals surface area contributed by atoms with Crippen molar-refractivity contribution in [2.75, 3.05) is 18.5 Å². The second kappa shape index (κ2) is 8.68. The van der Waals surface area contributed by atoms with E-state index in [4.69, 9.17) is 4.99 Å².